The molecule has 0 bridgehead atoms. The van der Waals surface area contributed by atoms with Gasteiger partial charge < -0.3 is 14.8 Å². The molecule has 0 aromatic heterocycles. The van der Waals surface area contributed by atoms with E-state index in [1.165, 1.54) is 11.4 Å². The number of methoxy groups -OCH3 is 2. The molecule has 0 spiro atoms. The lowest BCUT2D eigenvalue weighted by molar-refractivity contribution is 0.102. The molecule has 0 saturated carbocycles. The minimum atomic E-state index is -3.52. The summed E-state index contributed by atoms with van der Waals surface area (Å²) in [6.45, 7) is 2.18. The highest BCUT2D eigenvalue weighted by molar-refractivity contribution is 7.92. The van der Waals surface area contributed by atoms with Gasteiger partial charge in [-0.15, -0.1) is 0 Å². The Kier molecular flexibility index (Phi) is 7.05. The standard InChI is InChI=1S/C24H26N2O5S/c1-17-5-7-18(8-6-17)16-26(32(4,28)29)20-11-9-19(10-12-20)24(27)25-22-14-13-21(30-2)15-23(22)31-3/h5-15H,16H2,1-4H3,(H,25,27). The van der Waals surface area contributed by atoms with E-state index in [-0.39, 0.29) is 12.5 Å². The van der Waals surface area contributed by atoms with Crippen molar-refractivity contribution in [1.29, 1.82) is 0 Å². The van der Waals surface area contributed by atoms with Crippen molar-refractivity contribution in [3.8, 4) is 11.5 Å². The van der Waals surface area contributed by atoms with Crippen molar-refractivity contribution in [1.82, 2.24) is 0 Å². The highest BCUT2D eigenvalue weighted by Gasteiger charge is 2.19. The number of hydrogen-bond acceptors (Lipinski definition) is 5. The zero-order valence-electron chi connectivity index (χ0n) is 18.5. The molecule has 0 unspecified atom stereocenters. The first-order valence-electron chi connectivity index (χ1n) is 9.88. The second-order valence-corrected chi connectivity index (χ2v) is 9.23. The molecule has 0 heterocycles. The number of anilines is 2. The first kappa shape index (κ1) is 23.1. The van der Waals surface area contributed by atoms with Crippen LogP contribution >= 0.6 is 0 Å². The lowest BCUT2D eigenvalue weighted by atomic mass is 10.1. The highest BCUT2D eigenvalue weighted by atomic mass is 32.2. The summed E-state index contributed by atoms with van der Waals surface area (Å²) in [7, 11) is -0.463. The number of rotatable bonds is 8. The summed E-state index contributed by atoms with van der Waals surface area (Å²) in [6, 6.07) is 19.2. The van der Waals surface area contributed by atoms with Crippen molar-refractivity contribution in [2.75, 3.05) is 30.1 Å². The fraction of sp³-hybridized carbons (Fsp3) is 0.208. The Balaban J connectivity index is 1.80. The van der Waals surface area contributed by atoms with E-state index in [9.17, 15) is 13.2 Å². The summed E-state index contributed by atoms with van der Waals surface area (Å²) >= 11 is 0. The topological polar surface area (TPSA) is 84.9 Å². The van der Waals surface area contributed by atoms with E-state index in [1.807, 2.05) is 31.2 Å². The molecule has 0 saturated heterocycles. The molecule has 1 amide bonds. The van der Waals surface area contributed by atoms with Gasteiger partial charge in [-0.3, -0.25) is 9.10 Å². The van der Waals surface area contributed by atoms with Gasteiger partial charge in [0.15, 0.2) is 0 Å². The largest absolute Gasteiger partial charge is 0.497 e. The summed E-state index contributed by atoms with van der Waals surface area (Å²) < 4.78 is 36.6. The van der Waals surface area contributed by atoms with Gasteiger partial charge in [-0.2, -0.15) is 0 Å². The number of benzene rings is 3. The Morgan fingerprint density at radius 2 is 1.59 bits per heavy atom. The average Bonchev–Trinajstić information content (AvgIpc) is 2.78. The van der Waals surface area contributed by atoms with Gasteiger partial charge in [0.2, 0.25) is 10.0 Å². The molecule has 0 atom stereocenters. The second-order valence-electron chi connectivity index (χ2n) is 7.32. The number of amides is 1. The molecule has 3 rings (SSSR count). The van der Waals surface area contributed by atoms with Crippen LogP contribution in [0.5, 0.6) is 11.5 Å². The second kappa shape index (κ2) is 9.74. The van der Waals surface area contributed by atoms with Crippen LogP contribution in [0.3, 0.4) is 0 Å². The van der Waals surface area contributed by atoms with Crippen molar-refractivity contribution in [2.45, 2.75) is 13.5 Å². The predicted octanol–water partition coefficient (Wildman–Crippen LogP) is 4.23. The third-order valence-corrected chi connectivity index (χ3v) is 6.06. The third kappa shape index (κ3) is 5.59. The van der Waals surface area contributed by atoms with Crippen molar-refractivity contribution < 1.29 is 22.7 Å². The molecule has 3 aromatic carbocycles. The Morgan fingerprint density at radius 1 is 0.938 bits per heavy atom. The monoisotopic (exact) mass is 454 g/mol. The summed E-state index contributed by atoms with van der Waals surface area (Å²) in [5.74, 6) is 0.735. The van der Waals surface area contributed by atoms with Crippen molar-refractivity contribution in [2.24, 2.45) is 0 Å². The molecule has 0 aliphatic heterocycles. The molecule has 8 heteroatoms. The quantitative estimate of drug-likeness (QED) is 0.551. The van der Waals surface area contributed by atoms with Crippen LogP contribution < -0.4 is 19.1 Å². The predicted molar refractivity (Wildman–Crippen MR) is 126 cm³/mol. The minimum absolute atomic E-state index is 0.202. The number of sulfonamides is 1. The van der Waals surface area contributed by atoms with Crippen LogP contribution in [-0.4, -0.2) is 34.8 Å². The Morgan fingerprint density at radius 3 is 2.16 bits per heavy atom. The summed E-state index contributed by atoms with van der Waals surface area (Å²) in [5.41, 5.74) is 3.33. The molecule has 0 aliphatic carbocycles. The zero-order chi connectivity index (χ0) is 23.3. The van der Waals surface area contributed by atoms with Gasteiger partial charge in [-0.05, 0) is 48.9 Å². The van der Waals surface area contributed by atoms with Crippen molar-refractivity contribution in [3.63, 3.8) is 0 Å². The maximum absolute atomic E-state index is 12.7. The molecular weight excluding hydrogens is 428 g/mol. The zero-order valence-corrected chi connectivity index (χ0v) is 19.3. The lowest BCUT2D eigenvalue weighted by Gasteiger charge is -2.23. The normalized spacial score (nSPS) is 11.0. The van der Waals surface area contributed by atoms with Crippen LogP contribution in [0.25, 0.3) is 0 Å². The van der Waals surface area contributed by atoms with E-state index in [2.05, 4.69) is 5.32 Å². The highest BCUT2D eigenvalue weighted by Crippen LogP contribution is 2.29. The molecular formula is C24H26N2O5S. The first-order valence-corrected chi connectivity index (χ1v) is 11.7. The first-order chi connectivity index (χ1) is 15.2. The van der Waals surface area contributed by atoms with Crippen LogP contribution in [0.2, 0.25) is 0 Å². The fourth-order valence-electron chi connectivity index (χ4n) is 3.13. The number of nitrogens with one attached hydrogen (secondary N) is 1. The Bertz CT molecular complexity index is 1190. The third-order valence-electron chi connectivity index (χ3n) is 4.92. The van der Waals surface area contributed by atoms with Gasteiger partial charge in [0.1, 0.15) is 11.5 Å². The van der Waals surface area contributed by atoms with Gasteiger partial charge in [0.05, 0.1) is 38.4 Å². The number of hydrogen-bond donors (Lipinski definition) is 1. The molecule has 0 radical (unpaired) electrons. The molecule has 7 nitrogen and oxygen atoms in total. The summed E-state index contributed by atoms with van der Waals surface area (Å²) in [5, 5.41) is 2.80. The van der Waals surface area contributed by atoms with E-state index in [1.54, 1.807) is 49.6 Å². The van der Waals surface area contributed by atoms with Crippen molar-refractivity contribution in [3.05, 3.63) is 83.4 Å². The van der Waals surface area contributed by atoms with Crippen LogP contribution in [-0.2, 0) is 16.6 Å². The van der Waals surface area contributed by atoms with Crippen LogP contribution in [0.15, 0.2) is 66.7 Å². The SMILES string of the molecule is COc1ccc(NC(=O)c2ccc(N(Cc3ccc(C)cc3)S(C)(=O)=O)cc2)c(OC)c1. The maximum Gasteiger partial charge on any atom is 0.255 e. The van der Waals surface area contributed by atoms with E-state index < -0.39 is 10.0 Å². The van der Waals surface area contributed by atoms with E-state index in [4.69, 9.17) is 9.47 Å². The van der Waals surface area contributed by atoms with Gasteiger partial charge in [-0.1, -0.05) is 29.8 Å². The number of aryl methyl sites for hydroxylation is 1. The van der Waals surface area contributed by atoms with Gasteiger partial charge in [0.25, 0.3) is 5.91 Å². The molecule has 32 heavy (non-hydrogen) atoms. The van der Waals surface area contributed by atoms with E-state index in [0.717, 1.165) is 17.4 Å². The summed E-state index contributed by atoms with van der Waals surface area (Å²) in [4.78, 5) is 12.7. The molecule has 3 aromatic rings. The number of ether oxygens (including phenoxy) is 2. The minimum Gasteiger partial charge on any atom is -0.497 e. The van der Waals surface area contributed by atoms with Crippen LogP contribution in [0, 0.1) is 6.92 Å². The van der Waals surface area contributed by atoms with E-state index >= 15 is 0 Å². The smallest absolute Gasteiger partial charge is 0.255 e. The van der Waals surface area contributed by atoms with E-state index in [0.29, 0.717) is 28.4 Å². The van der Waals surface area contributed by atoms with Gasteiger partial charge >= 0.3 is 0 Å². The lowest BCUT2D eigenvalue weighted by Crippen LogP contribution is -2.29. The van der Waals surface area contributed by atoms with Crippen molar-refractivity contribution >= 4 is 27.3 Å². The van der Waals surface area contributed by atoms with Gasteiger partial charge in [-0.25, -0.2) is 8.42 Å². The number of carbonyl (C=O) groups excluding carboxylic acids is 1. The molecule has 168 valence electrons. The molecule has 0 fully saturated rings. The van der Waals surface area contributed by atoms with Crippen LogP contribution in [0.1, 0.15) is 21.5 Å². The molecule has 0 aliphatic rings. The Labute approximate surface area is 188 Å². The number of carbonyl (C=O) groups is 1. The molecule has 1 N–H and O–H groups in total. The maximum atomic E-state index is 12.7. The average molecular weight is 455 g/mol. The van der Waals surface area contributed by atoms with Gasteiger partial charge in [0, 0.05) is 11.6 Å². The Hall–Kier alpha value is -3.52. The fourth-order valence-corrected chi connectivity index (χ4v) is 4.02. The summed E-state index contributed by atoms with van der Waals surface area (Å²) in [6.07, 6.45) is 1.16. The number of nitrogens with zero attached hydrogens (tertiary/aromatic N) is 1. The van der Waals surface area contributed by atoms with Crippen LogP contribution in [0.4, 0.5) is 11.4 Å².